The van der Waals surface area contributed by atoms with Gasteiger partial charge in [0.05, 0.1) is 6.61 Å². The van der Waals surface area contributed by atoms with Gasteiger partial charge in [-0.2, -0.15) is 0 Å². The summed E-state index contributed by atoms with van der Waals surface area (Å²) in [6, 6.07) is 0. The van der Waals surface area contributed by atoms with E-state index in [2.05, 4.69) is 4.90 Å². The average molecular weight is 270 g/mol. The van der Waals surface area contributed by atoms with E-state index >= 15 is 0 Å². The van der Waals surface area contributed by atoms with Gasteiger partial charge in [0.25, 0.3) is 0 Å². The van der Waals surface area contributed by atoms with E-state index in [0.717, 1.165) is 39.3 Å². The molecule has 112 valence electrons. The van der Waals surface area contributed by atoms with E-state index < -0.39 is 0 Å². The molecule has 2 fully saturated rings. The molecule has 19 heavy (non-hydrogen) atoms. The average Bonchev–Trinajstić information content (AvgIpc) is 3.21. The van der Waals surface area contributed by atoms with Crippen LogP contribution in [0.1, 0.15) is 40.0 Å². The second-order valence-corrected chi connectivity index (χ2v) is 5.44. The topological polar surface area (TPSA) is 32.8 Å². The molecule has 0 bridgehead atoms. The molecule has 0 unspecified atom stereocenters. The molecular weight excluding hydrogens is 240 g/mol. The molecule has 1 amide bonds. The summed E-state index contributed by atoms with van der Waals surface area (Å²) in [5.74, 6) is 0.294. The van der Waals surface area contributed by atoms with Crippen LogP contribution in [-0.4, -0.2) is 62.1 Å². The van der Waals surface area contributed by atoms with Crippen molar-refractivity contribution >= 4 is 5.91 Å². The van der Waals surface area contributed by atoms with Gasteiger partial charge < -0.3 is 9.64 Å². The zero-order valence-electron chi connectivity index (χ0n) is 13.1. The van der Waals surface area contributed by atoms with E-state index in [9.17, 15) is 4.79 Å². The van der Waals surface area contributed by atoms with Crippen LogP contribution in [0.3, 0.4) is 0 Å². The van der Waals surface area contributed by atoms with Crippen molar-refractivity contribution in [2.45, 2.75) is 40.0 Å². The maximum Gasteiger partial charge on any atom is 0.222 e. The Morgan fingerprint density at radius 3 is 2.16 bits per heavy atom. The highest BCUT2D eigenvalue weighted by atomic mass is 16.5. The Bertz CT molecular complexity index is 269. The van der Waals surface area contributed by atoms with Gasteiger partial charge in [0.15, 0.2) is 0 Å². The number of amides is 1. The molecule has 1 aliphatic carbocycles. The molecule has 0 N–H and O–H groups in total. The second kappa shape index (κ2) is 7.85. The number of hydrogen-bond acceptors (Lipinski definition) is 3. The lowest BCUT2D eigenvalue weighted by Crippen LogP contribution is -2.50. The van der Waals surface area contributed by atoms with Gasteiger partial charge in [-0.05, 0) is 12.8 Å². The van der Waals surface area contributed by atoms with E-state index in [1.807, 2.05) is 25.7 Å². The van der Waals surface area contributed by atoms with E-state index in [4.69, 9.17) is 4.74 Å². The Balaban J connectivity index is 0.000000861. The van der Waals surface area contributed by atoms with E-state index in [1.165, 1.54) is 12.8 Å². The fourth-order valence-corrected chi connectivity index (χ4v) is 2.68. The third-order valence-electron chi connectivity index (χ3n) is 3.99. The summed E-state index contributed by atoms with van der Waals surface area (Å²) in [4.78, 5) is 16.0. The summed E-state index contributed by atoms with van der Waals surface area (Å²) in [6.45, 7) is 11.8. The molecule has 2 aliphatic rings. The molecule has 1 heterocycles. The van der Waals surface area contributed by atoms with Gasteiger partial charge in [-0.1, -0.05) is 20.8 Å². The maximum atomic E-state index is 11.6. The molecule has 1 aliphatic heterocycles. The molecule has 0 atom stereocenters. The molecule has 0 aromatic carbocycles. The Labute approximate surface area is 118 Å². The quantitative estimate of drug-likeness (QED) is 0.766. The molecule has 0 aromatic rings. The second-order valence-electron chi connectivity index (χ2n) is 5.44. The first-order valence-corrected chi connectivity index (χ1v) is 7.68. The maximum absolute atomic E-state index is 11.6. The van der Waals surface area contributed by atoms with Crippen molar-refractivity contribution in [3.63, 3.8) is 0 Å². The monoisotopic (exact) mass is 270 g/mol. The molecule has 1 saturated heterocycles. The summed E-state index contributed by atoms with van der Waals surface area (Å²) in [7, 11) is 1.79. The summed E-state index contributed by atoms with van der Waals surface area (Å²) >= 11 is 0. The van der Waals surface area contributed by atoms with Gasteiger partial charge in [0.1, 0.15) is 0 Å². The minimum Gasteiger partial charge on any atom is -0.384 e. The number of carbonyl (C=O) groups excluding carboxylic acids is 1. The van der Waals surface area contributed by atoms with Gasteiger partial charge in [-0.15, -0.1) is 0 Å². The number of ether oxygens (including phenoxy) is 1. The van der Waals surface area contributed by atoms with E-state index in [0.29, 0.717) is 17.7 Å². The lowest BCUT2D eigenvalue weighted by Gasteiger charge is -2.36. The lowest BCUT2D eigenvalue weighted by molar-refractivity contribution is -0.132. The van der Waals surface area contributed by atoms with Gasteiger partial charge in [0.2, 0.25) is 5.91 Å². The minimum atomic E-state index is 0.294. The van der Waals surface area contributed by atoms with E-state index in [-0.39, 0.29) is 0 Å². The normalized spacial score (nSPS) is 21.6. The van der Waals surface area contributed by atoms with Crippen LogP contribution >= 0.6 is 0 Å². The molecule has 0 radical (unpaired) electrons. The van der Waals surface area contributed by atoms with Crippen LogP contribution in [0.5, 0.6) is 0 Å². The van der Waals surface area contributed by atoms with Crippen LogP contribution in [-0.2, 0) is 9.53 Å². The zero-order chi connectivity index (χ0) is 14.3. The highest BCUT2D eigenvalue weighted by Crippen LogP contribution is 2.46. The Hall–Kier alpha value is -0.610. The van der Waals surface area contributed by atoms with Crippen molar-refractivity contribution in [2.24, 2.45) is 5.41 Å². The first-order valence-electron chi connectivity index (χ1n) is 7.68. The highest BCUT2D eigenvalue weighted by Gasteiger charge is 2.44. The molecule has 2 rings (SSSR count). The van der Waals surface area contributed by atoms with Gasteiger partial charge in [-0.25, -0.2) is 0 Å². The number of hydrogen-bond donors (Lipinski definition) is 0. The third kappa shape index (κ3) is 4.77. The molecule has 4 nitrogen and oxygen atoms in total. The summed E-state index contributed by atoms with van der Waals surface area (Å²) in [6.07, 6.45) is 3.23. The van der Waals surface area contributed by atoms with Crippen molar-refractivity contribution in [1.82, 2.24) is 9.80 Å². The zero-order valence-corrected chi connectivity index (χ0v) is 13.1. The summed E-state index contributed by atoms with van der Waals surface area (Å²) < 4.78 is 5.30. The molecule has 0 aromatic heterocycles. The number of piperazine rings is 1. The molecular formula is C15H30N2O2. The Morgan fingerprint density at radius 2 is 1.74 bits per heavy atom. The standard InChI is InChI=1S/C13H24N2O2.C2H6/c1-3-12(16)15-8-6-14(7-9-15)10-13(4-5-13)11-17-2;1-2/h3-11H2,1-2H3;1-2H3. The highest BCUT2D eigenvalue weighted by molar-refractivity contribution is 5.75. The number of nitrogens with zero attached hydrogens (tertiary/aromatic N) is 2. The van der Waals surface area contributed by atoms with Gasteiger partial charge in [-0.3, -0.25) is 9.69 Å². The van der Waals surface area contributed by atoms with Crippen LogP contribution < -0.4 is 0 Å². The van der Waals surface area contributed by atoms with Crippen molar-refractivity contribution in [2.75, 3.05) is 46.4 Å². The van der Waals surface area contributed by atoms with Crippen LogP contribution in [0.2, 0.25) is 0 Å². The predicted octanol–water partition coefficient (Wildman–Crippen LogP) is 1.99. The number of carbonyl (C=O) groups is 1. The van der Waals surface area contributed by atoms with Gasteiger partial charge >= 0.3 is 0 Å². The van der Waals surface area contributed by atoms with Crippen LogP contribution in [0.15, 0.2) is 0 Å². The first kappa shape index (κ1) is 16.4. The Kier molecular flexibility index (Phi) is 6.80. The third-order valence-corrected chi connectivity index (χ3v) is 3.99. The fourth-order valence-electron chi connectivity index (χ4n) is 2.68. The van der Waals surface area contributed by atoms with Crippen molar-refractivity contribution in [1.29, 1.82) is 0 Å². The summed E-state index contributed by atoms with van der Waals surface area (Å²) in [5, 5.41) is 0. The fraction of sp³-hybridized carbons (Fsp3) is 0.933. The molecule has 4 heteroatoms. The summed E-state index contributed by atoms with van der Waals surface area (Å²) in [5.41, 5.74) is 0.436. The smallest absolute Gasteiger partial charge is 0.222 e. The largest absolute Gasteiger partial charge is 0.384 e. The van der Waals surface area contributed by atoms with Crippen molar-refractivity contribution in [3.8, 4) is 0 Å². The van der Waals surface area contributed by atoms with Crippen LogP contribution in [0, 0.1) is 5.41 Å². The molecule has 1 saturated carbocycles. The number of rotatable bonds is 5. The van der Waals surface area contributed by atoms with Crippen molar-refractivity contribution in [3.05, 3.63) is 0 Å². The van der Waals surface area contributed by atoms with Crippen LogP contribution in [0.4, 0.5) is 0 Å². The Morgan fingerprint density at radius 1 is 1.16 bits per heavy atom. The predicted molar refractivity (Wildman–Crippen MR) is 78.2 cm³/mol. The molecule has 0 spiro atoms. The minimum absolute atomic E-state index is 0.294. The van der Waals surface area contributed by atoms with Gasteiger partial charge in [0, 0.05) is 51.7 Å². The number of methoxy groups -OCH3 is 1. The SMILES string of the molecule is CC.CCC(=O)N1CCN(CC2(COC)CC2)CC1. The first-order chi connectivity index (χ1) is 9.19. The van der Waals surface area contributed by atoms with Crippen LogP contribution in [0.25, 0.3) is 0 Å². The lowest BCUT2D eigenvalue weighted by atomic mass is 10.1. The van der Waals surface area contributed by atoms with E-state index in [1.54, 1.807) is 7.11 Å². The van der Waals surface area contributed by atoms with Crippen molar-refractivity contribution < 1.29 is 9.53 Å².